The van der Waals surface area contributed by atoms with Gasteiger partial charge in [-0.25, -0.2) is 0 Å². The first-order valence-electron chi connectivity index (χ1n) is 10.7. The Morgan fingerprint density at radius 2 is 1.58 bits per heavy atom. The summed E-state index contributed by atoms with van der Waals surface area (Å²) in [5, 5.41) is 9.55. The molecule has 0 bridgehead atoms. The molecule has 0 aromatic heterocycles. The van der Waals surface area contributed by atoms with Crippen molar-refractivity contribution in [2.24, 2.45) is 0 Å². The summed E-state index contributed by atoms with van der Waals surface area (Å²) in [7, 11) is 0. The summed E-state index contributed by atoms with van der Waals surface area (Å²) in [4.78, 5) is 0. The highest BCUT2D eigenvalue weighted by Gasteiger charge is 2.31. The van der Waals surface area contributed by atoms with Gasteiger partial charge in [-0.05, 0) is 69.8 Å². The maximum Gasteiger partial charge on any atom is 0.135 e. The summed E-state index contributed by atoms with van der Waals surface area (Å²) < 4.78 is 6.25. The monoisotopic (exact) mass is 400 g/mol. The van der Waals surface area contributed by atoms with Gasteiger partial charge in [-0.2, -0.15) is 0 Å². The third-order valence-electron chi connectivity index (χ3n) is 6.63. The molecular formula is C28H20N2O. The SMILES string of the molecule is C1=CNC2C(=C1)C=CC1=CC(c3ccc4c5c(cccc35)-c3ccccc3O4)=CNC12. The van der Waals surface area contributed by atoms with Crippen molar-refractivity contribution < 1.29 is 4.74 Å². The van der Waals surface area contributed by atoms with Crippen LogP contribution in [0.5, 0.6) is 11.5 Å². The highest BCUT2D eigenvalue weighted by molar-refractivity contribution is 6.09. The zero-order valence-electron chi connectivity index (χ0n) is 16.8. The molecule has 0 fully saturated rings. The Balaban J connectivity index is 1.37. The Kier molecular flexibility index (Phi) is 3.39. The van der Waals surface area contributed by atoms with Crippen LogP contribution in [-0.4, -0.2) is 12.1 Å². The van der Waals surface area contributed by atoms with Gasteiger partial charge in [0.25, 0.3) is 0 Å². The number of nitrogens with one attached hydrogen (secondary N) is 2. The molecule has 2 unspecified atom stereocenters. The van der Waals surface area contributed by atoms with Crippen LogP contribution in [0.2, 0.25) is 0 Å². The summed E-state index contributed by atoms with van der Waals surface area (Å²) in [6.07, 6.45) is 15.2. The molecule has 3 aliphatic heterocycles. The summed E-state index contributed by atoms with van der Waals surface area (Å²) in [6, 6.07) is 19.6. The molecule has 0 amide bonds. The highest BCUT2D eigenvalue weighted by atomic mass is 16.5. The summed E-state index contributed by atoms with van der Waals surface area (Å²) in [6.45, 7) is 0. The van der Waals surface area contributed by atoms with Gasteiger partial charge in [0, 0.05) is 17.1 Å². The first kappa shape index (κ1) is 16.8. The standard InChI is InChI=1S/C28H20N2O/c1-2-9-24-21(6-1)23-8-3-7-22-20(12-13-25(31-24)26(22)23)19-15-18-11-10-17-5-4-14-29-27(17)28(18)30-16-19/h1-16,27-30H. The van der Waals surface area contributed by atoms with Gasteiger partial charge in [0.1, 0.15) is 11.5 Å². The average Bonchev–Trinajstić information content (AvgIpc) is 2.84. The summed E-state index contributed by atoms with van der Waals surface area (Å²) in [5.74, 6) is 1.84. The molecule has 0 saturated carbocycles. The van der Waals surface area contributed by atoms with Crippen LogP contribution in [0, 0.1) is 0 Å². The van der Waals surface area contributed by atoms with Crippen LogP contribution in [0.15, 0.2) is 109 Å². The lowest BCUT2D eigenvalue weighted by Gasteiger charge is -2.36. The maximum absolute atomic E-state index is 6.25. The van der Waals surface area contributed by atoms with E-state index < -0.39 is 0 Å². The Hall–Kier alpha value is -3.98. The van der Waals surface area contributed by atoms with Crippen LogP contribution in [0.3, 0.4) is 0 Å². The molecule has 1 aliphatic carbocycles. The Morgan fingerprint density at radius 1 is 0.710 bits per heavy atom. The lowest BCUT2D eigenvalue weighted by molar-refractivity contribution is 0.487. The Labute approximate surface area is 180 Å². The molecule has 3 aromatic rings. The van der Waals surface area contributed by atoms with E-state index in [4.69, 9.17) is 4.74 Å². The number of benzene rings is 3. The predicted octanol–water partition coefficient (Wildman–Crippen LogP) is 5.83. The van der Waals surface area contributed by atoms with Crippen molar-refractivity contribution in [1.29, 1.82) is 0 Å². The number of dihydropyridines is 2. The molecule has 0 saturated heterocycles. The molecule has 4 aliphatic rings. The van der Waals surface area contributed by atoms with Crippen molar-refractivity contribution in [3.8, 4) is 22.6 Å². The van der Waals surface area contributed by atoms with Crippen LogP contribution >= 0.6 is 0 Å². The van der Waals surface area contributed by atoms with E-state index in [1.165, 1.54) is 38.6 Å². The number of hydrogen-bond acceptors (Lipinski definition) is 3. The largest absolute Gasteiger partial charge is 0.456 e. The smallest absolute Gasteiger partial charge is 0.135 e. The quantitative estimate of drug-likeness (QED) is 0.422. The third kappa shape index (κ3) is 2.40. The lowest BCUT2D eigenvalue weighted by Crippen LogP contribution is -2.49. The maximum atomic E-state index is 6.25. The van der Waals surface area contributed by atoms with Gasteiger partial charge < -0.3 is 15.4 Å². The van der Waals surface area contributed by atoms with Crippen molar-refractivity contribution in [3.63, 3.8) is 0 Å². The number of rotatable bonds is 1. The van der Waals surface area contributed by atoms with E-state index in [0.717, 1.165) is 17.1 Å². The van der Waals surface area contributed by atoms with Gasteiger partial charge in [-0.3, -0.25) is 0 Å². The number of hydrogen-bond donors (Lipinski definition) is 2. The fourth-order valence-electron chi connectivity index (χ4n) is 5.17. The van der Waals surface area contributed by atoms with Gasteiger partial charge in [0.2, 0.25) is 0 Å². The number of para-hydroxylation sites is 1. The Bertz CT molecular complexity index is 1420. The van der Waals surface area contributed by atoms with Gasteiger partial charge in [0.15, 0.2) is 0 Å². The van der Waals surface area contributed by atoms with Gasteiger partial charge in [-0.15, -0.1) is 0 Å². The number of fused-ring (bicyclic) bond motifs is 5. The van der Waals surface area contributed by atoms with Crippen molar-refractivity contribution in [2.45, 2.75) is 12.1 Å². The first-order valence-corrected chi connectivity index (χ1v) is 10.7. The fourth-order valence-corrected chi connectivity index (χ4v) is 5.17. The second-order valence-corrected chi connectivity index (χ2v) is 8.33. The molecule has 3 heterocycles. The predicted molar refractivity (Wildman–Crippen MR) is 126 cm³/mol. The lowest BCUT2D eigenvalue weighted by atomic mass is 9.82. The van der Waals surface area contributed by atoms with Crippen molar-refractivity contribution >= 4 is 16.3 Å². The van der Waals surface area contributed by atoms with Crippen molar-refractivity contribution in [1.82, 2.24) is 10.6 Å². The number of ether oxygens (including phenoxy) is 1. The second kappa shape index (κ2) is 6.26. The molecule has 0 radical (unpaired) electrons. The molecule has 3 heteroatoms. The van der Waals surface area contributed by atoms with E-state index >= 15 is 0 Å². The van der Waals surface area contributed by atoms with E-state index in [0.29, 0.717) is 0 Å². The Morgan fingerprint density at radius 3 is 2.58 bits per heavy atom. The molecule has 7 rings (SSSR count). The minimum absolute atomic E-state index is 0.236. The minimum atomic E-state index is 0.236. The highest BCUT2D eigenvalue weighted by Crippen LogP contribution is 2.48. The first-order chi connectivity index (χ1) is 15.4. The van der Waals surface area contributed by atoms with E-state index in [-0.39, 0.29) is 12.1 Å². The van der Waals surface area contributed by atoms with E-state index in [1.54, 1.807) is 0 Å². The van der Waals surface area contributed by atoms with Gasteiger partial charge in [-0.1, -0.05) is 54.6 Å². The molecule has 31 heavy (non-hydrogen) atoms. The normalized spacial score (nSPS) is 22.0. The van der Waals surface area contributed by atoms with Crippen molar-refractivity contribution in [3.05, 3.63) is 114 Å². The van der Waals surface area contributed by atoms with Gasteiger partial charge in [0.05, 0.1) is 12.1 Å². The van der Waals surface area contributed by atoms with Crippen LogP contribution in [0.1, 0.15) is 5.56 Å². The molecule has 148 valence electrons. The van der Waals surface area contributed by atoms with Crippen LogP contribution in [-0.2, 0) is 0 Å². The fraction of sp³-hybridized carbons (Fsp3) is 0.0714. The van der Waals surface area contributed by atoms with Crippen LogP contribution in [0.4, 0.5) is 0 Å². The van der Waals surface area contributed by atoms with Crippen LogP contribution in [0.25, 0.3) is 27.5 Å². The molecular weight excluding hydrogens is 380 g/mol. The third-order valence-corrected chi connectivity index (χ3v) is 6.63. The topological polar surface area (TPSA) is 33.3 Å². The van der Waals surface area contributed by atoms with Crippen molar-refractivity contribution in [2.75, 3.05) is 0 Å². The van der Waals surface area contributed by atoms with E-state index in [9.17, 15) is 0 Å². The van der Waals surface area contributed by atoms with Gasteiger partial charge >= 0.3 is 0 Å². The van der Waals surface area contributed by atoms with E-state index in [2.05, 4.69) is 89.7 Å². The summed E-state index contributed by atoms with van der Waals surface area (Å²) in [5.41, 5.74) is 7.40. The average molecular weight is 400 g/mol. The van der Waals surface area contributed by atoms with Crippen LogP contribution < -0.4 is 15.4 Å². The zero-order chi connectivity index (χ0) is 20.4. The molecule has 3 aromatic carbocycles. The molecule has 3 nitrogen and oxygen atoms in total. The van der Waals surface area contributed by atoms with E-state index in [1.807, 2.05) is 18.3 Å². The molecule has 2 atom stereocenters. The molecule has 2 N–H and O–H groups in total. The minimum Gasteiger partial charge on any atom is -0.456 e. The number of allylic oxidation sites excluding steroid dienone is 4. The molecule has 0 spiro atoms. The second-order valence-electron chi connectivity index (χ2n) is 8.33. The zero-order valence-corrected chi connectivity index (χ0v) is 16.8. The summed E-state index contributed by atoms with van der Waals surface area (Å²) >= 11 is 0.